The van der Waals surface area contributed by atoms with Crippen LogP contribution in [0.5, 0.6) is 6.01 Å². The number of amides is 1. The van der Waals surface area contributed by atoms with Gasteiger partial charge in [-0.25, -0.2) is 9.07 Å². The summed E-state index contributed by atoms with van der Waals surface area (Å²) < 4.78 is 21.7. The first-order valence-electron chi connectivity index (χ1n) is 10.4. The van der Waals surface area contributed by atoms with Gasteiger partial charge in [-0.2, -0.15) is 4.98 Å². The third kappa shape index (κ3) is 6.13. The lowest BCUT2D eigenvalue weighted by Crippen LogP contribution is -2.19. The summed E-state index contributed by atoms with van der Waals surface area (Å²) >= 11 is 0. The molecule has 0 aliphatic heterocycles. The Morgan fingerprint density at radius 2 is 1.81 bits per heavy atom. The first-order valence-corrected chi connectivity index (χ1v) is 10.4. The number of ether oxygens (including phenoxy) is 1. The third-order valence-corrected chi connectivity index (χ3v) is 4.33. The molecule has 1 amide bonds. The molecule has 3 rings (SSSR count). The summed E-state index contributed by atoms with van der Waals surface area (Å²) in [5.74, 6) is 0.219. The third-order valence-electron chi connectivity index (χ3n) is 4.33. The Morgan fingerprint density at radius 3 is 2.42 bits per heavy atom. The second kappa shape index (κ2) is 9.29. The van der Waals surface area contributed by atoms with Crippen molar-refractivity contribution in [3.05, 3.63) is 54.3 Å². The van der Waals surface area contributed by atoms with E-state index in [1.807, 2.05) is 34.6 Å². The molecule has 0 saturated heterocycles. The smallest absolute Gasteiger partial charge is 0.336 e. The van der Waals surface area contributed by atoms with E-state index in [2.05, 4.69) is 15.4 Å². The predicted molar refractivity (Wildman–Crippen MR) is 120 cm³/mol. The number of hydrogen-bond acceptors (Lipinski definition) is 4. The molecule has 1 heterocycles. The average Bonchev–Trinajstić information content (AvgIpc) is 3.10. The number of hydrogen-bond donors (Lipinski definition) is 1. The van der Waals surface area contributed by atoms with Crippen molar-refractivity contribution in [1.82, 2.24) is 14.8 Å². The Bertz CT molecular complexity index is 1040. The number of nitrogens with one attached hydrogen (secondary N) is 1. The van der Waals surface area contributed by atoms with Gasteiger partial charge in [0.1, 0.15) is 5.82 Å². The van der Waals surface area contributed by atoms with E-state index in [0.29, 0.717) is 41.7 Å². The molecule has 0 saturated carbocycles. The van der Waals surface area contributed by atoms with Gasteiger partial charge in [-0.1, -0.05) is 46.8 Å². The van der Waals surface area contributed by atoms with Crippen LogP contribution in [0.1, 0.15) is 41.0 Å². The van der Waals surface area contributed by atoms with Crippen LogP contribution in [0.2, 0.25) is 0 Å². The van der Waals surface area contributed by atoms with Crippen LogP contribution in [0.15, 0.2) is 48.5 Å². The van der Waals surface area contributed by atoms with Crippen LogP contribution in [0, 0.1) is 17.2 Å². The van der Waals surface area contributed by atoms with Gasteiger partial charge in [-0.05, 0) is 47.7 Å². The average molecular weight is 425 g/mol. The number of benzene rings is 2. The Morgan fingerprint density at radius 1 is 1.13 bits per heavy atom. The van der Waals surface area contributed by atoms with E-state index in [-0.39, 0.29) is 17.3 Å². The maximum atomic E-state index is 14.5. The van der Waals surface area contributed by atoms with Gasteiger partial charge in [0.15, 0.2) is 5.82 Å². The molecule has 1 aromatic heterocycles. The van der Waals surface area contributed by atoms with Crippen molar-refractivity contribution in [1.29, 1.82) is 0 Å². The molecule has 0 unspecified atom stereocenters. The van der Waals surface area contributed by atoms with Crippen molar-refractivity contribution in [3.8, 4) is 23.1 Å². The second-order valence-electron chi connectivity index (χ2n) is 9.15. The zero-order chi connectivity index (χ0) is 22.6. The number of rotatable bonds is 7. The number of aromatic nitrogens is 3. The Labute approximate surface area is 182 Å². The fraction of sp³-hybridized carbons (Fsp3) is 0.375. The first-order chi connectivity index (χ1) is 14.6. The van der Waals surface area contributed by atoms with Gasteiger partial charge in [-0.15, -0.1) is 5.10 Å². The molecule has 7 heteroatoms. The van der Waals surface area contributed by atoms with Crippen LogP contribution in [-0.2, 0) is 4.79 Å². The van der Waals surface area contributed by atoms with Gasteiger partial charge in [0, 0.05) is 12.1 Å². The molecule has 0 aliphatic carbocycles. The van der Waals surface area contributed by atoms with E-state index >= 15 is 0 Å². The summed E-state index contributed by atoms with van der Waals surface area (Å²) in [7, 11) is 0. The highest BCUT2D eigenvalue weighted by Crippen LogP contribution is 2.27. The molecule has 0 atom stereocenters. The van der Waals surface area contributed by atoms with Gasteiger partial charge in [0.05, 0.1) is 17.9 Å². The summed E-state index contributed by atoms with van der Waals surface area (Å²) in [4.78, 5) is 16.6. The molecule has 0 aliphatic rings. The van der Waals surface area contributed by atoms with Crippen molar-refractivity contribution in [3.63, 3.8) is 0 Å². The largest absolute Gasteiger partial charge is 0.462 e. The van der Waals surface area contributed by atoms with E-state index in [9.17, 15) is 9.18 Å². The summed E-state index contributed by atoms with van der Waals surface area (Å²) in [5.41, 5.74) is 1.60. The Hall–Kier alpha value is -3.22. The van der Waals surface area contributed by atoms with Crippen molar-refractivity contribution in [2.75, 3.05) is 11.9 Å². The maximum absolute atomic E-state index is 14.5. The fourth-order valence-electron chi connectivity index (χ4n) is 2.97. The van der Waals surface area contributed by atoms with Crippen molar-refractivity contribution >= 4 is 11.6 Å². The minimum absolute atomic E-state index is 0.0441. The SMILES string of the molecule is CC(C)COc1nc(-c2ccccc2F)n(-c2ccc(NC(=O)CC(C)(C)C)cc2)n1. The van der Waals surface area contributed by atoms with E-state index < -0.39 is 5.82 Å². The molecule has 164 valence electrons. The van der Waals surface area contributed by atoms with Crippen LogP contribution in [0.3, 0.4) is 0 Å². The van der Waals surface area contributed by atoms with E-state index in [0.717, 1.165) is 0 Å². The summed E-state index contributed by atoms with van der Waals surface area (Å²) in [5, 5.41) is 7.34. The van der Waals surface area contributed by atoms with Crippen molar-refractivity contribution in [2.24, 2.45) is 11.3 Å². The van der Waals surface area contributed by atoms with Crippen LogP contribution in [0.25, 0.3) is 17.1 Å². The second-order valence-corrected chi connectivity index (χ2v) is 9.15. The van der Waals surface area contributed by atoms with Gasteiger partial charge in [0.25, 0.3) is 0 Å². The molecule has 0 spiro atoms. The standard InChI is InChI=1S/C24H29FN4O2/c1-16(2)15-31-23-27-22(19-8-6-7-9-20(19)25)29(28-23)18-12-10-17(11-13-18)26-21(30)14-24(3,4)5/h6-13,16H,14-15H2,1-5H3,(H,26,30). The van der Waals surface area contributed by atoms with E-state index in [1.165, 1.54) is 6.07 Å². The topological polar surface area (TPSA) is 69.0 Å². The zero-order valence-corrected chi connectivity index (χ0v) is 18.6. The number of halogens is 1. The van der Waals surface area contributed by atoms with E-state index in [4.69, 9.17) is 4.74 Å². The zero-order valence-electron chi connectivity index (χ0n) is 18.6. The minimum atomic E-state index is -0.391. The summed E-state index contributed by atoms with van der Waals surface area (Å²) in [6, 6.07) is 13.8. The van der Waals surface area contributed by atoms with Crippen molar-refractivity contribution in [2.45, 2.75) is 41.0 Å². The molecular weight excluding hydrogens is 395 g/mol. The molecule has 1 N–H and O–H groups in total. The molecule has 0 radical (unpaired) electrons. The highest BCUT2D eigenvalue weighted by atomic mass is 19.1. The van der Waals surface area contributed by atoms with Gasteiger partial charge < -0.3 is 10.1 Å². The molecular formula is C24H29FN4O2. The van der Waals surface area contributed by atoms with Crippen LogP contribution < -0.4 is 10.1 Å². The lowest BCUT2D eigenvalue weighted by molar-refractivity contribution is -0.117. The first kappa shape index (κ1) is 22.5. The van der Waals surface area contributed by atoms with Crippen molar-refractivity contribution < 1.29 is 13.9 Å². The number of carbonyl (C=O) groups is 1. The lowest BCUT2D eigenvalue weighted by Gasteiger charge is -2.17. The summed E-state index contributed by atoms with van der Waals surface area (Å²) in [6.45, 7) is 10.6. The molecule has 0 fully saturated rings. The fourth-order valence-corrected chi connectivity index (χ4v) is 2.97. The predicted octanol–water partition coefficient (Wildman–Crippen LogP) is 5.48. The quantitative estimate of drug-likeness (QED) is 0.545. The molecule has 3 aromatic rings. The number of anilines is 1. The van der Waals surface area contributed by atoms with E-state index in [1.54, 1.807) is 47.1 Å². The lowest BCUT2D eigenvalue weighted by atomic mass is 9.92. The number of carbonyl (C=O) groups excluding carboxylic acids is 1. The Balaban J connectivity index is 1.90. The summed E-state index contributed by atoms with van der Waals surface area (Å²) in [6.07, 6.45) is 0.422. The molecule has 31 heavy (non-hydrogen) atoms. The van der Waals surface area contributed by atoms with Crippen LogP contribution >= 0.6 is 0 Å². The van der Waals surface area contributed by atoms with Crippen LogP contribution in [0.4, 0.5) is 10.1 Å². The normalized spacial score (nSPS) is 11.6. The highest BCUT2D eigenvalue weighted by molar-refractivity contribution is 5.91. The number of nitrogens with zero attached hydrogens (tertiary/aromatic N) is 3. The van der Waals surface area contributed by atoms with Gasteiger partial charge >= 0.3 is 6.01 Å². The van der Waals surface area contributed by atoms with Gasteiger partial charge in [-0.3, -0.25) is 4.79 Å². The minimum Gasteiger partial charge on any atom is -0.462 e. The highest BCUT2D eigenvalue weighted by Gasteiger charge is 2.19. The molecule has 2 aromatic carbocycles. The molecule has 6 nitrogen and oxygen atoms in total. The Kier molecular flexibility index (Phi) is 6.73. The maximum Gasteiger partial charge on any atom is 0.336 e. The molecule has 0 bridgehead atoms. The van der Waals surface area contributed by atoms with Crippen LogP contribution in [-0.4, -0.2) is 27.3 Å². The van der Waals surface area contributed by atoms with Gasteiger partial charge in [0.2, 0.25) is 5.91 Å². The monoisotopic (exact) mass is 424 g/mol.